The molecule has 13 atom stereocenters. The van der Waals surface area contributed by atoms with Gasteiger partial charge in [-0.25, -0.2) is 0 Å². The van der Waals surface area contributed by atoms with Crippen LogP contribution in [-0.2, 0) is 19.1 Å². The quantitative estimate of drug-likeness (QED) is 0.472. The standard InChI is InChI=1S/C28H40O6/c1-14-12-22(33-24(31)15(14)2)27(5,32)19-7-6-17-16-13-23-28(34-23)21(30)9-8-20(29)26(28,4)18(16)10-11-25(17,19)3/h8-9,14-19,21-23,30,32H,6-7,10-13H2,1-5H3/t14-,15+,16+,17-,18+,19-,21-,22-,23+,25-,26-,27+,28+/m0/s1. The molecule has 0 aromatic rings. The van der Waals surface area contributed by atoms with Gasteiger partial charge in [-0.1, -0.05) is 20.8 Å². The molecule has 0 aromatic carbocycles. The van der Waals surface area contributed by atoms with Crippen LogP contribution in [0, 0.1) is 46.3 Å². The number of esters is 1. The van der Waals surface area contributed by atoms with Gasteiger partial charge in [0.05, 0.1) is 17.4 Å². The lowest BCUT2D eigenvalue weighted by atomic mass is 9.44. The summed E-state index contributed by atoms with van der Waals surface area (Å²) in [6, 6.07) is 0. The summed E-state index contributed by atoms with van der Waals surface area (Å²) in [5, 5.41) is 22.8. The van der Waals surface area contributed by atoms with Gasteiger partial charge in [-0.05, 0) is 99.5 Å². The zero-order chi connectivity index (χ0) is 24.4. The molecule has 0 bridgehead atoms. The Balaban J connectivity index is 1.30. The number of carbonyl (C=O) groups is 2. The molecule has 6 rings (SSSR count). The second-order valence-corrected chi connectivity index (χ2v) is 13.2. The summed E-state index contributed by atoms with van der Waals surface area (Å²) >= 11 is 0. The second kappa shape index (κ2) is 6.95. The fourth-order valence-electron chi connectivity index (χ4n) is 9.80. The van der Waals surface area contributed by atoms with Crippen molar-refractivity contribution in [1.29, 1.82) is 0 Å². The lowest BCUT2D eigenvalue weighted by molar-refractivity contribution is -0.202. The van der Waals surface area contributed by atoms with Crippen molar-refractivity contribution < 1.29 is 29.3 Å². The summed E-state index contributed by atoms with van der Waals surface area (Å²) in [6.07, 6.45) is 7.21. The average molecular weight is 473 g/mol. The Hall–Kier alpha value is -1.24. The summed E-state index contributed by atoms with van der Waals surface area (Å²) in [5.41, 5.74) is -2.61. The van der Waals surface area contributed by atoms with Crippen LogP contribution in [0.5, 0.6) is 0 Å². The minimum atomic E-state index is -1.08. The number of carbonyl (C=O) groups excluding carboxylic acids is 2. The van der Waals surface area contributed by atoms with Crippen molar-refractivity contribution in [2.24, 2.45) is 46.3 Å². The number of cyclic esters (lactones) is 1. The molecule has 34 heavy (non-hydrogen) atoms. The molecule has 3 saturated carbocycles. The van der Waals surface area contributed by atoms with E-state index < -0.39 is 28.8 Å². The van der Waals surface area contributed by atoms with E-state index in [1.807, 2.05) is 20.8 Å². The Morgan fingerprint density at radius 2 is 1.82 bits per heavy atom. The van der Waals surface area contributed by atoms with Gasteiger partial charge >= 0.3 is 5.97 Å². The van der Waals surface area contributed by atoms with Gasteiger partial charge in [0.1, 0.15) is 23.4 Å². The highest BCUT2D eigenvalue weighted by Crippen LogP contribution is 2.73. The van der Waals surface area contributed by atoms with Crippen molar-refractivity contribution in [3.63, 3.8) is 0 Å². The van der Waals surface area contributed by atoms with Crippen molar-refractivity contribution in [2.75, 3.05) is 0 Å². The maximum atomic E-state index is 13.3. The first-order valence-corrected chi connectivity index (χ1v) is 13.4. The third kappa shape index (κ3) is 2.58. The summed E-state index contributed by atoms with van der Waals surface area (Å²) in [6.45, 7) is 10.2. The van der Waals surface area contributed by atoms with Crippen molar-refractivity contribution in [2.45, 2.75) is 103 Å². The molecule has 1 spiro atoms. The minimum absolute atomic E-state index is 0.0384. The summed E-state index contributed by atoms with van der Waals surface area (Å²) in [7, 11) is 0. The van der Waals surface area contributed by atoms with Crippen LogP contribution in [0.25, 0.3) is 0 Å². The zero-order valence-electron chi connectivity index (χ0n) is 21.1. The molecular formula is C28H40O6. The Kier molecular flexibility index (Phi) is 4.74. The second-order valence-electron chi connectivity index (χ2n) is 13.2. The van der Waals surface area contributed by atoms with Crippen LogP contribution in [0.2, 0.25) is 0 Å². The summed E-state index contributed by atoms with van der Waals surface area (Å²) in [5.74, 6) is 0.885. The Morgan fingerprint density at radius 1 is 1.09 bits per heavy atom. The Morgan fingerprint density at radius 3 is 2.53 bits per heavy atom. The van der Waals surface area contributed by atoms with Crippen LogP contribution >= 0.6 is 0 Å². The van der Waals surface area contributed by atoms with Gasteiger partial charge in [0.2, 0.25) is 0 Å². The van der Waals surface area contributed by atoms with Crippen molar-refractivity contribution in [3.8, 4) is 0 Å². The van der Waals surface area contributed by atoms with Gasteiger partial charge in [0, 0.05) is 0 Å². The van der Waals surface area contributed by atoms with E-state index in [1.165, 1.54) is 0 Å². The van der Waals surface area contributed by atoms with Crippen molar-refractivity contribution >= 4 is 11.8 Å². The van der Waals surface area contributed by atoms with Crippen LogP contribution in [0.4, 0.5) is 0 Å². The number of aliphatic hydroxyl groups excluding tert-OH is 1. The average Bonchev–Trinajstić information content (AvgIpc) is 3.40. The monoisotopic (exact) mass is 472 g/mol. The topological polar surface area (TPSA) is 96.4 Å². The van der Waals surface area contributed by atoms with Gasteiger partial charge in [0.15, 0.2) is 5.78 Å². The highest BCUT2D eigenvalue weighted by molar-refractivity contribution is 5.98. The van der Waals surface area contributed by atoms with E-state index >= 15 is 0 Å². The van der Waals surface area contributed by atoms with Crippen LogP contribution in [0.3, 0.4) is 0 Å². The largest absolute Gasteiger partial charge is 0.459 e. The van der Waals surface area contributed by atoms with Gasteiger partial charge in [-0.3, -0.25) is 9.59 Å². The van der Waals surface area contributed by atoms with Crippen LogP contribution < -0.4 is 0 Å². The third-order valence-corrected chi connectivity index (χ3v) is 12.0. The summed E-state index contributed by atoms with van der Waals surface area (Å²) < 4.78 is 12.0. The molecule has 0 radical (unpaired) electrons. The molecule has 0 amide bonds. The fourth-order valence-corrected chi connectivity index (χ4v) is 9.80. The predicted molar refractivity (Wildman–Crippen MR) is 124 cm³/mol. The lowest BCUT2D eigenvalue weighted by Gasteiger charge is -2.59. The number of aliphatic hydroxyl groups is 2. The van der Waals surface area contributed by atoms with E-state index in [1.54, 1.807) is 12.2 Å². The smallest absolute Gasteiger partial charge is 0.309 e. The number of fused-ring (bicyclic) bond motifs is 4. The number of hydrogen-bond donors (Lipinski definition) is 2. The summed E-state index contributed by atoms with van der Waals surface area (Å²) in [4.78, 5) is 25.8. The van der Waals surface area contributed by atoms with Crippen LogP contribution in [-0.4, -0.2) is 51.5 Å². The molecule has 6 aliphatic rings. The van der Waals surface area contributed by atoms with E-state index in [4.69, 9.17) is 9.47 Å². The molecule has 2 heterocycles. The van der Waals surface area contributed by atoms with E-state index in [2.05, 4.69) is 13.8 Å². The molecule has 4 aliphatic carbocycles. The first-order valence-electron chi connectivity index (χ1n) is 13.4. The first-order chi connectivity index (χ1) is 15.9. The number of allylic oxidation sites excluding steroid dienone is 1. The maximum absolute atomic E-state index is 13.3. The molecule has 5 fully saturated rings. The van der Waals surface area contributed by atoms with Gasteiger partial charge < -0.3 is 19.7 Å². The number of ketones is 1. The highest BCUT2D eigenvalue weighted by Gasteiger charge is 2.80. The van der Waals surface area contributed by atoms with Gasteiger partial charge in [-0.2, -0.15) is 0 Å². The zero-order valence-corrected chi connectivity index (χ0v) is 21.1. The molecule has 6 nitrogen and oxygen atoms in total. The maximum Gasteiger partial charge on any atom is 0.309 e. The number of epoxide rings is 1. The molecule has 0 aromatic heterocycles. The molecule has 0 unspecified atom stereocenters. The molecule has 2 saturated heterocycles. The lowest BCUT2D eigenvalue weighted by Crippen LogP contribution is -2.64. The number of hydrogen-bond acceptors (Lipinski definition) is 6. The predicted octanol–water partition coefficient (Wildman–Crippen LogP) is 3.43. The Labute approximate surface area is 202 Å². The van der Waals surface area contributed by atoms with Crippen LogP contribution in [0.15, 0.2) is 12.2 Å². The normalized spacial score (nSPS) is 57.6. The first kappa shape index (κ1) is 23.2. The van der Waals surface area contributed by atoms with E-state index in [9.17, 15) is 19.8 Å². The van der Waals surface area contributed by atoms with Crippen molar-refractivity contribution in [1.82, 2.24) is 0 Å². The Bertz CT molecular complexity index is 957. The SMILES string of the molecule is C[C@H]1C[C@@H]([C@](C)(O)[C@H]2CC[C@H]3[C@H]4C[C@H]5O[C@]56[C@@H](O)C=CC(=O)[C@]6(C)[C@@H]4CC[C@]23C)OC(=O)[C@@H]1C. The van der Waals surface area contributed by atoms with E-state index in [0.717, 1.165) is 32.1 Å². The van der Waals surface area contributed by atoms with E-state index in [0.29, 0.717) is 18.3 Å². The van der Waals surface area contributed by atoms with Gasteiger partial charge in [0.25, 0.3) is 0 Å². The minimum Gasteiger partial charge on any atom is -0.459 e. The molecule has 6 heteroatoms. The highest BCUT2D eigenvalue weighted by atomic mass is 16.6. The van der Waals surface area contributed by atoms with Crippen molar-refractivity contribution in [3.05, 3.63) is 12.2 Å². The third-order valence-electron chi connectivity index (χ3n) is 12.0. The molecular weight excluding hydrogens is 432 g/mol. The van der Waals surface area contributed by atoms with E-state index in [-0.39, 0.29) is 46.9 Å². The number of ether oxygens (including phenoxy) is 2. The molecule has 188 valence electrons. The molecule has 2 N–H and O–H groups in total. The van der Waals surface area contributed by atoms with Gasteiger partial charge in [-0.15, -0.1) is 0 Å². The number of rotatable bonds is 2. The fraction of sp³-hybridized carbons (Fsp3) is 0.857. The molecule has 2 aliphatic heterocycles. The van der Waals surface area contributed by atoms with Crippen LogP contribution in [0.1, 0.15) is 73.1 Å².